The Hall–Kier alpha value is -3.97. The number of nitrogens with zero attached hydrogens (tertiary/aromatic N) is 3. The highest BCUT2D eigenvalue weighted by atomic mass is 32.1. The molecular formula is C32H35N5OS. The molecule has 1 fully saturated rings. The maximum atomic E-state index is 13.1. The van der Waals surface area contributed by atoms with Gasteiger partial charge in [-0.1, -0.05) is 43.3 Å². The van der Waals surface area contributed by atoms with Gasteiger partial charge in [0.15, 0.2) is 5.11 Å². The fourth-order valence-electron chi connectivity index (χ4n) is 5.62. The summed E-state index contributed by atoms with van der Waals surface area (Å²) in [5, 5.41) is 7.26. The van der Waals surface area contributed by atoms with Crippen molar-refractivity contribution >= 4 is 28.9 Å². The molecule has 2 atom stereocenters. The van der Waals surface area contributed by atoms with Gasteiger partial charge in [-0.2, -0.15) is 0 Å². The Morgan fingerprint density at radius 2 is 1.82 bits per heavy atom. The van der Waals surface area contributed by atoms with E-state index in [2.05, 4.69) is 83.1 Å². The molecule has 5 rings (SSSR count). The van der Waals surface area contributed by atoms with Crippen LogP contribution in [0.5, 0.6) is 0 Å². The molecule has 6 nitrogen and oxygen atoms in total. The lowest BCUT2D eigenvalue weighted by Crippen LogP contribution is -2.33. The third kappa shape index (κ3) is 5.45. The summed E-state index contributed by atoms with van der Waals surface area (Å²) in [6.45, 7) is 9.00. The average molecular weight is 538 g/mol. The zero-order valence-corrected chi connectivity index (χ0v) is 23.8. The van der Waals surface area contributed by atoms with Crippen LogP contribution in [0.1, 0.15) is 59.2 Å². The Morgan fingerprint density at radius 3 is 2.56 bits per heavy atom. The second-order valence-corrected chi connectivity index (χ2v) is 10.5. The molecule has 2 aromatic heterocycles. The van der Waals surface area contributed by atoms with Crippen LogP contribution in [0, 0.1) is 20.8 Å². The second-order valence-electron chi connectivity index (χ2n) is 10.1. The minimum Gasteiger partial charge on any atom is -0.352 e. The van der Waals surface area contributed by atoms with Crippen molar-refractivity contribution in [1.29, 1.82) is 0 Å². The van der Waals surface area contributed by atoms with Crippen LogP contribution in [-0.2, 0) is 11.2 Å². The number of pyridine rings is 1. The van der Waals surface area contributed by atoms with Crippen LogP contribution in [0.3, 0.4) is 0 Å². The van der Waals surface area contributed by atoms with Crippen LogP contribution in [-0.4, -0.2) is 32.0 Å². The van der Waals surface area contributed by atoms with Gasteiger partial charge in [0.05, 0.1) is 17.8 Å². The molecule has 0 aliphatic carbocycles. The number of carbonyl (C=O) groups excluding carboxylic acids is 1. The summed E-state index contributed by atoms with van der Waals surface area (Å²) >= 11 is 5.86. The van der Waals surface area contributed by atoms with Crippen molar-refractivity contribution in [1.82, 2.24) is 19.8 Å². The van der Waals surface area contributed by atoms with Crippen molar-refractivity contribution in [3.63, 3.8) is 0 Å². The molecule has 0 bridgehead atoms. The van der Waals surface area contributed by atoms with Crippen LogP contribution < -0.4 is 10.6 Å². The smallest absolute Gasteiger partial charge is 0.226 e. The van der Waals surface area contributed by atoms with Crippen molar-refractivity contribution in [3.8, 4) is 5.69 Å². The molecule has 1 aliphatic rings. The topological polar surface area (TPSA) is 62.2 Å². The number of aryl methyl sites for hydroxylation is 3. The van der Waals surface area contributed by atoms with Crippen LogP contribution >= 0.6 is 12.2 Å². The Bertz CT molecular complexity index is 1500. The van der Waals surface area contributed by atoms with Gasteiger partial charge >= 0.3 is 0 Å². The van der Waals surface area contributed by atoms with Gasteiger partial charge in [-0.3, -0.25) is 9.78 Å². The van der Waals surface area contributed by atoms with E-state index in [4.69, 9.17) is 12.2 Å². The van der Waals surface area contributed by atoms with Gasteiger partial charge in [0.2, 0.25) is 5.91 Å². The molecule has 7 heteroatoms. The van der Waals surface area contributed by atoms with E-state index < -0.39 is 0 Å². The minimum absolute atomic E-state index is 0.0241. The number of anilines is 1. The predicted octanol–water partition coefficient (Wildman–Crippen LogP) is 6.36. The lowest BCUT2D eigenvalue weighted by Gasteiger charge is -2.28. The third-order valence-electron chi connectivity index (χ3n) is 7.50. The van der Waals surface area contributed by atoms with E-state index in [1.54, 1.807) is 0 Å². The Labute approximate surface area is 236 Å². The van der Waals surface area contributed by atoms with E-state index in [1.165, 1.54) is 11.1 Å². The number of para-hydroxylation sites is 1. The fourth-order valence-corrected chi connectivity index (χ4v) is 5.95. The van der Waals surface area contributed by atoms with Gasteiger partial charge in [0.25, 0.3) is 0 Å². The Kier molecular flexibility index (Phi) is 7.79. The molecule has 1 saturated heterocycles. The first kappa shape index (κ1) is 26.6. The number of aromatic nitrogens is 2. The molecule has 39 heavy (non-hydrogen) atoms. The molecule has 4 aromatic rings. The van der Waals surface area contributed by atoms with Gasteiger partial charge in [-0.15, -0.1) is 0 Å². The van der Waals surface area contributed by atoms with Gasteiger partial charge in [-0.25, -0.2) is 0 Å². The number of amides is 1. The second kappa shape index (κ2) is 11.4. The van der Waals surface area contributed by atoms with Crippen molar-refractivity contribution in [3.05, 3.63) is 113 Å². The molecule has 200 valence electrons. The highest BCUT2D eigenvalue weighted by Gasteiger charge is 2.41. The standard InChI is InChI=1S/C32H35N5OS/c1-5-24-12-6-7-14-27(24)34-29(38)16-18-36-31(30(35-32(36)39)28-15-8-9-17-33-28)26-20-22(3)37(23(26)4)25-13-10-11-21(2)19-25/h6-15,17,19-20,30-31H,5,16,18H2,1-4H3,(H,34,38)(H,35,39). The summed E-state index contributed by atoms with van der Waals surface area (Å²) in [5.74, 6) is -0.0241. The number of hydrogen-bond acceptors (Lipinski definition) is 3. The van der Waals surface area contributed by atoms with Crippen LogP contribution in [0.15, 0.2) is 79.0 Å². The van der Waals surface area contributed by atoms with Crippen LogP contribution in [0.2, 0.25) is 0 Å². The zero-order chi connectivity index (χ0) is 27.5. The largest absolute Gasteiger partial charge is 0.352 e. The predicted molar refractivity (Wildman–Crippen MR) is 161 cm³/mol. The van der Waals surface area contributed by atoms with Gasteiger partial charge in [0, 0.05) is 41.9 Å². The molecule has 2 unspecified atom stereocenters. The number of carbonyl (C=O) groups is 1. The first-order valence-corrected chi connectivity index (χ1v) is 13.9. The van der Waals surface area contributed by atoms with E-state index in [1.807, 2.05) is 48.7 Å². The molecule has 0 saturated carbocycles. The van der Waals surface area contributed by atoms with E-state index in [-0.39, 0.29) is 18.0 Å². The first-order chi connectivity index (χ1) is 18.9. The monoisotopic (exact) mass is 537 g/mol. The van der Waals surface area contributed by atoms with Gasteiger partial charge in [0.1, 0.15) is 0 Å². The van der Waals surface area contributed by atoms with E-state index in [9.17, 15) is 4.79 Å². The number of hydrogen-bond donors (Lipinski definition) is 2. The summed E-state index contributed by atoms with van der Waals surface area (Å²) < 4.78 is 2.30. The molecular weight excluding hydrogens is 502 g/mol. The lowest BCUT2D eigenvalue weighted by atomic mass is 9.96. The number of thiocarbonyl (C=S) groups is 1. The van der Waals surface area contributed by atoms with E-state index in [0.717, 1.165) is 40.4 Å². The maximum Gasteiger partial charge on any atom is 0.226 e. The molecule has 2 N–H and O–H groups in total. The first-order valence-electron chi connectivity index (χ1n) is 13.5. The summed E-state index contributed by atoms with van der Waals surface area (Å²) in [4.78, 5) is 19.9. The summed E-state index contributed by atoms with van der Waals surface area (Å²) in [6.07, 6.45) is 3.00. The fraction of sp³-hybridized carbons (Fsp3) is 0.281. The van der Waals surface area contributed by atoms with Crippen molar-refractivity contribution in [2.75, 3.05) is 11.9 Å². The highest BCUT2D eigenvalue weighted by molar-refractivity contribution is 7.80. The quantitative estimate of drug-likeness (QED) is 0.256. The molecule has 2 aromatic carbocycles. The van der Waals surface area contributed by atoms with Gasteiger partial charge < -0.3 is 20.1 Å². The number of rotatable bonds is 8. The van der Waals surface area contributed by atoms with Gasteiger partial charge in [-0.05, 0) is 92.5 Å². The molecule has 1 aliphatic heterocycles. The number of nitrogens with one attached hydrogen (secondary N) is 2. The van der Waals surface area contributed by atoms with Crippen molar-refractivity contribution in [2.45, 2.75) is 52.6 Å². The highest BCUT2D eigenvalue weighted by Crippen LogP contribution is 2.41. The maximum absolute atomic E-state index is 13.1. The average Bonchev–Trinajstić information content (AvgIpc) is 3.42. The zero-order valence-electron chi connectivity index (χ0n) is 22.9. The molecule has 3 heterocycles. The minimum atomic E-state index is -0.131. The molecule has 0 radical (unpaired) electrons. The third-order valence-corrected chi connectivity index (χ3v) is 7.85. The Morgan fingerprint density at radius 1 is 1.03 bits per heavy atom. The Balaban J connectivity index is 1.47. The van der Waals surface area contributed by atoms with E-state index in [0.29, 0.717) is 18.1 Å². The summed E-state index contributed by atoms with van der Waals surface area (Å²) in [5.41, 5.74) is 8.76. The summed E-state index contributed by atoms with van der Waals surface area (Å²) in [6, 6.07) is 24.5. The molecule has 0 spiro atoms. The molecule has 1 amide bonds. The van der Waals surface area contributed by atoms with E-state index >= 15 is 0 Å². The SMILES string of the molecule is CCc1ccccc1NC(=O)CCN1C(=S)NC(c2ccccn2)C1c1cc(C)n(-c2cccc(C)c2)c1C. The number of benzene rings is 2. The van der Waals surface area contributed by atoms with Crippen LogP contribution in [0.25, 0.3) is 5.69 Å². The summed E-state index contributed by atoms with van der Waals surface area (Å²) in [7, 11) is 0. The van der Waals surface area contributed by atoms with Crippen molar-refractivity contribution < 1.29 is 4.79 Å². The van der Waals surface area contributed by atoms with Crippen molar-refractivity contribution in [2.24, 2.45) is 0 Å². The van der Waals surface area contributed by atoms with Crippen LogP contribution in [0.4, 0.5) is 5.69 Å². The normalized spacial score (nSPS) is 16.8. The lowest BCUT2D eigenvalue weighted by molar-refractivity contribution is -0.116.